The quantitative estimate of drug-likeness (QED) is 0.679. The highest BCUT2D eigenvalue weighted by Crippen LogP contribution is 2.37. The molecule has 7 heteroatoms. The Morgan fingerprint density at radius 1 is 1.18 bits per heavy atom. The molecule has 1 N–H and O–H groups in total. The molecule has 0 saturated heterocycles. The minimum absolute atomic E-state index is 0.0356. The van der Waals surface area contributed by atoms with E-state index >= 15 is 0 Å². The van der Waals surface area contributed by atoms with E-state index in [4.69, 9.17) is 16.3 Å². The van der Waals surface area contributed by atoms with E-state index in [1.807, 2.05) is 42.6 Å². The number of para-hydroxylation sites is 1. The van der Waals surface area contributed by atoms with Crippen LogP contribution in [0.25, 0.3) is 0 Å². The van der Waals surface area contributed by atoms with Crippen molar-refractivity contribution in [3.8, 4) is 5.75 Å². The lowest BCUT2D eigenvalue weighted by molar-refractivity contribution is 0.180. The third kappa shape index (κ3) is 3.31. The van der Waals surface area contributed by atoms with Gasteiger partial charge in [0.25, 0.3) is 0 Å². The van der Waals surface area contributed by atoms with Crippen molar-refractivity contribution < 1.29 is 13.9 Å². The predicted octanol–water partition coefficient (Wildman–Crippen LogP) is 4.93. The number of aromatic nitrogens is 1. The van der Waals surface area contributed by atoms with Crippen LogP contribution in [0.3, 0.4) is 0 Å². The molecular formula is C21H19ClFN3O2. The van der Waals surface area contributed by atoms with E-state index in [1.54, 1.807) is 12.0 Å². The first-order chi connectivity index (χ1) is 13.6. The standard InChI is InChI=1S/C21H19ClFN3O2/c1-28-19-7-3-2-5-15(19)20-18-6-4-10-25(18)11-12-26(20)21(27)24-14-8-9-17(23)16(22)13-14/h2-10,13,20H,11-12H2,1H3,(H,24,27). The van der Waals surface area contributed by atoms with Crippen LogP contribution >= 0.6 is 11.6 Å². The predicted molar refractivity (Wildman–Crippen MR) is 106 cm³/mol. The van der Waals surface area contributed by atoms with Gasteiger partial charge in [0.15, 0.2) is 0 Å². The summed E-state index contributed by atoms with van der Waals surface area (Å²) in [4.78, 5) is 14.9. The second kappa shape index (κ2) is 7.56. The van der Waals surface area contributed by atoms with Crippen LogP contribution < -0.4 is 10.1 Å². The summed E-state index contributed by atoms with van der Waals surface area (Å²) in [5, 5.41) is 2.79. The molecule has 1 unspecified atom stereocenters. The summed E-state index contributed by atoms with van der Waals surface area (Å²) in [6.07, 6.45) is 2.01. The van der Waals surface area contributed by atoms with Gasteiger partial charge in [-0.25, -0.2) is 9.18 Å². The lowest BCUT2D eigenvalue weighted by atomic mass is 9.99. The van der Waals surface area contributed by atoms with E-state index < -0.39 is 5.82 Å². The number of hydrogen-bond donors (Lipinski definition) is 1. The van der Waals surface area contributed by atoms with Gasteiger partial charge in [-0.3, -0.25) is 0 Å². The monoisotopic (exact) mass is 399 g/mol. The van der Waals surface area contributed by atoms with Gasteiger partial charge in [0, 0.05) is 36.2 Å². The normalized spacial score (nSPS) is 15.8. The number of nitrogens with one attached hydrogen (secondary N) is 1. The largest absolute Gasteiger partial charge is 0.496 e. The van der Waals surface area contributed by atoms with Gasteiger partial charge in [-0.15, -0.1) is 0 Å². The lowest BCUT2D eigenvalue weighted by Crippen LogP contribution is -2.44. The summed E-state index contributed by atoms with van der Waals surface area (Å²) >= 11 is 5.84. The number of methoxy groups -OCH3 is 1. The maximum absolute atomic E-state index is 13.4. The van der Waals surface area contributed by atoms with E-state index in [9.17, 15) is 9.18 Å². The average molecular weight is 400 g/mol. The van der Waals surface area contributed by atoms with Crippen LogP contribution in [0.2, 0.25) is 5.02 Å². The molecule has 0 radical (unpaired) electrons. The van der Waals surface area contributed by atoms with Gasteiger partial charge in [-0.05, 0) is 36.4 Å². The Hall–Kier alpha value is -2.99. The minimum Gasteiger partial charge on any atom is -0.496 e. The molecule has 4 rings (SSSR count). The number of hydrogen-bond acceptors (Lipinski definition) is 2. The topological polar surface area (TPSA) is 46.5 Å². The SMILES string of the molecule is COc1ccccc1C1c2cccn2CCN1C(=O)Nc1ccc(F)c(Cl)c1. The fourth-order valence-corrected chi connectivity index (χ4v) is 3.77. The second-order valence-corrected chi connectivity index (χ2v) is 6.93. The lowest BCUT2D eigenvalue weighted by Gasteiger charge is -2.37. The van der Waals surface area contributed by atoms with Crippen LogP contribution in [0.5, 0.6) is 5.75 Å². The van der Waals surface area contributed by atoms with E-state index in [-0.39, 0.29) is 17.1 Å². The number of nitrogens with zero attached hydrogens (tertiary/aromatic N) is 2. The smallest absolute Gasteiger partial charge is 0.322 e. The van der Waals surface area contributed by atoms with Gasteiger partial charge in [-0.2, -0.15) is 0 Å². The van der Waals surface area contributed by atoms with Crippen molar-refractivity contribution in [1.29, 1.82) is 0 Å². The Morgan fingerprint density at radius 3 is 2.79 bits per heavy atom. The Balaban J connectivity index is 1.70. The number of carbonyl (C=O) groups excluding carboxylic acids is 1. The molecule has 0 saturated carbocycles. The fourth-order valence-electron chi connectivity index (χ4n) is 3.59. The summed E-state index contributed by atoms with van der Waals surface area (Å²) in [5.74, 6) is 0.187. The van der Waals surface area contributed by atoms with Gasteiger partial charge in [0.05, 0.1) is 12.1 Å². The summed E-state index contributed by atoms with van der Waals surface area (Å²) in [7, 11) is 1.62. The van der Waals surface area contributed by atoms with Crippen molar-refractivity contribution in [3.05, 3.63) is 82.9 Å². The highest BCUT2D eigenvalue weighted by molar-refractivity contribution is 6.31. The first kappa shape index (κ1) is 18.4. The van der Waals surface area contributed by atoms with Crippen LogP contribution in [0.4, 0.5) is 14.9 Å². The summed E-state index contributed by atoms with van der Waals surface area (Å²) in [5.41, 5.74) is 2.34. The molecule has 1 aliphatic heterocycles. The molecule has 0 spiro atoms. The first-order valence-electron chi connectivity index (χ1n) is 8.89. The molecular weight excluding hydrogens is 381 g/mol. The van der Waals surface area contributed by atoms with Crippen LogP contribution in [0, 0.1) is 5.82 Å². The van der Waals surface area contributed by atoms with E-state index in [0.717, 1.165) is 11.3 Å². The maximum Gasteiger partial charge on any atom is 0.322 e. The zero-order valence-electron chi connectivity index (χ0n) is 15.2. The Kier molecular flexibility index (Phi) is 4.96. The Morgan fingerprint density at radius 2 is 2.00 bits per heavy atom. The third-order valence-electron chi connectivity index (χ3n) is 4.90. The van der Waals surface area contributed by atoms with Gasteiger partial charge in [0.1, 0.15) is 17.6 Å². The Bertz CT molecular complexity index is 1020. The summed E-state index contributed by atoms with van der Waals surface area (Å²) in [6, 6.07) is 15.2. The number of amides is 2. The van der Waals surface area contributed by atoms with Crippen LogP contribution in [0.15, 0.2) is 60.8 Å². The van der Waals surface area contributed by atoms with Gasteiger partial charge < -0.3 is 19.5 Å². The third-order valence-corrected chi connectivity index (χ3v) is 5.19. The molecule has 2 aromatic carbocycles. The molecule has 5 nitrogen and oxygen atoms in total. The molecule has 0 bridgehead atoms. The minimum atomic E-state index is -0.526. The molecule has 1 atom stereocenters. The van der Waals surface area contributed by atoms with Crippen LogP contribution in [0.1, 0.15) is 17.3 Å². The molecule has 2 heterocycles. The molecule has 144 valence electrons. The van der Waals surface area contributed by atoms with E-state index in [2.05, 4.69) is 9.88 Å². The van der Waals surface area contributed by atoms with Gasteiger partial charge >= 0.3 is 6.03 Å². The number of halogens is 2. The molecule has 0 fully saturated rings. The van der Waals surface area contributed by atoms with Crippen molar-refractivity contribution in [2.75, 3.05) is 19.0 Å². The van der Waals surface area contributed by atoms with E-state index in [1.165, 1.54) is 18.2 Å². The van der Waals surface area contributed by atoms with Crippen LogP contribution in [-0.4, -0.2) is 29.2 Å². The number of carbonyl (C=O) groups is 1. The highest BCUT2D eigenvalue weighted by atomic mass is 35.5. The first-order valence-corrected chi connectivity index (χ1v) is 9.27. The number of fused-ring (bicyclic) bond motifs is 1. The zero-order chi connectivity index (χ0) is 19.7. The number of rotatable bonds is 3. The van der Waals surface area contributed by atoms with Crippen molar-refractivity contribution in [1.82, 2.24) is 9.47 Å². The summed E-state index contributed by atoms with van der Waals surface area (Å²) < 4.78 is 21.1. The highest BCUT2D eigenvalue weighted by Gasteiger charge is 2.34. The number of ether oxygens (including phenoxy) is 1. The molecule has 0 aliphatic carbocycles. The van der Waals surface area contributed by atoms with E-state index in [0.29, 0.717) is 24.5 Å². The molecule has 2 amide bonds. The van der Waals surface area contributed by atoms with Crippen molar-refractivity contribution >= 4 is 23.3 Å². The molecule has 28 heavy (non-hydrogen) atoms. The number of benzene rings is 2. The molecule has 1 aromatic heterocycles. The van der Waals surface area contributed by atoms with Crippen molar-refractivity contribution in [3.63, 3.8) is 0 Å². The summed E-state index contributed by atoms with van der Waals surface area (Å²) in [6.45, 7) is 1.21. The molecule has 3 aromatic rings. The molecule has 1 aliphatic rings. The zero-order valence-corrected chi connectivity index (χ0v) is 16.0. The fraction of sp³-hybridized carbons (Fsp3) is 0.190. The number of anilines is 1. The average Bonchev–Trinajstić information content (AvgIpc) is 3.19. The number of urea groups is 1. The second-order valence-electron chi connectivity index (χ2n) is 6.52. The Labute approximate surface area is 167 Å². The van der Waals surface area contributed by atoms with Crippen molar-refractivity contribution in [2.45, 2.75) is 12.6 Å². The van der Waals surface area contributed by atoms with Gasteiger partial charge in [-0.1, -0.05) is 29.8 Å². The maximum atomic E-state index is 13.4. The van der Waals surface area contributed by atoms with Crippen molar-refractivity contribution in [2.24, 2.45) is 0 Å². The van der Waals surface area contributed by atoms with Crippen LogP contribution in [-0.2, 0) is 6.54 Å². The van der Waals surface area contributed by atoms with Gasteiger partial charge in [0.2, 0.25) is 0 Å².